The van der Waals surface area contributed by atoms with Crippen LogP contribution >= 0.6 is 0 Å². The summed E-state index contributed by atoms with van der Waals surface area (Å²) in [5.74, 6) is 6.61. The van der Waals surface area contributed by atoms with Gasteiger partial charge in [-0.05, 0) is 48.4 Å². The maximum Gasteiger partial charge on any atom is 0.303 e. The number of carboxylic acid groups (broad SMARTS) is 1. The molecule has 25 heteroatoms. The molecule has 1 fully saturated rings. The van der Waals surface area contributed by atoms with E-state index in [1.54, 1.807) is 24.3 Å². The molecule has 1 saturated heterocycles. The molecule has 67 heavy (non-hydrogen) atoms. The highest BCUT2D eigenvalue weighted by atomic mass is 32.2. The number of imidazole rings is 1. The van der Waals surface area contributed by atoms with Gasteiger partial charge in [-0.25, -0.2) is 20.4 Å². The van der Waals surface area contributed by atoms with Crippen LogP contribution in [-0.4, -0.2) is 166 Å². The number of rotatable bonds is 33. The standard InChI is InChI=1S/C42H58N12O12S/c43-33(65-29-55)13-24-67(26-32-37(59)38(60)42(66-32)54-28-49-36-39(47-27-48-40(36)54)45-14-6-8-35(57)58)23-5-3-1-2-4-7-34(56)52-51-25-30-9-11-31(12-10-30)41(61)46-15-17-62-19-21-64-22-20-63-18-16-50-53-44/h9-12,25,27-29,32-33,37-38,42,59-60H,1-2,4,6-8,13-24,26,43H2,(H3-,45,46,47,48,52,56,57,58,61)/p+1/t32-,33?,37?,38+,42-,67?/m1/s1. The second kappa shape index (κ2) is 31.1. The third-order valence-corrected chi connectivity index (χ3v) is 11.9. The number of unbranched alkanes of at least 4 members (excludes halogenated alkanes) is 2. The largest absolute Gasteiger partial charge is 0.481 e. The third-order valence-electron chi connectivity index (χ3n) is 9.76. The summed E-state index contributed by atoms with van der Waals surface area (Å²) < 4.78 is 28.7. The Morgan fingerprint density at radius 1 is 0.985 bits per heavy atom. The summed E-state index contributed by atoms with van der Waals surface area (Å²) >= 11 is 0. The van der Waals surface area contributed by atoms with E-state index in [-0.39, 0.29) is 31.2 Å². The number of hydrogen-bond acceptors (Lipinski definition) is 18. The number of nitrogens with two attached hydrogens (primary N) is 1. The van der Waals surface area contributed by atoms with Crippen LogP contribution in [0.5, 0.6) is 0 Å². The zero-order valence-corrected chi connectivity index (χ0v) is 37.8. The summed E-state index contributed by atoms with van der Waals surface area (Å²) in [6.45, 7) is 3.42. The Labute approximate surface area is 389 Å². The number of carboxylic acids is 1. The molecule has 0 saturated carbocycles. The highest BCUT2D eigenvalue weighted by molar-refractivity contribution is 7.97. The number of aromatic nitrogens is 4. The molecule has 24 nitrogen and oxygen atoms in total. The number of hydrogen-bond donors (Lipinski definition) is 7. The first-order chi connectivity index (χ1) is 32.6. The Kier molecular flexibility index (Phi) is 24.9. The van der Waals surface area contributed by atoms with Crippen LogP contribution in [0.4, 0.5) is 5.82 Å². The van der Waals surface area contributed by atoms with Crippen molar-refractivity contribution in [1.82, 2.24) is 30.3 Å². The van der Waals surface area contributed by atoms with Gasteiger partial charge in [-0.3, -0.25) is 29.5 Å². The average molecular weight is 956 g/mol. The number of aliphatic hydroxyl groups excluding tert-OH is 2. The molecule has 8 N–H and O–H groups in total. The SMILES string of the molecule is [N-]=[N+]=NCCOCCOCCOCCNC(=O)c1ccc(/C=N\NC(=O)CCCCC#CC[S+](CCC(N)OC=O)C[C@H]2O[C@@H](n3cnc4c(NCCCC(=O)O)ncnc43)[C@@H](O)C2O)cc1. The van der Waals surface area contributed by atoms with Gasteiger partial charge in [0.15, 0.2) is 35.2 Å². The summed E-state index contributed by atoms with van der Waals surface area (Å²) in [5, 5.41) is 44.3. The third kappa shape index (κ3) is 19.8. The van der Waals surface area contributed by atoms with E-state index in [4.69, 9.17) is 40.1 Å². The number of fused-ring (bicyclic) bond motifs is 1. The molecular formula is C42H59N12O12S+. The Morgan fingerprint density at radius 3 is 2.49 bits per heavy atom. The fourth-order valence-corrected chi connectivity index (χ4v) is 8.35. The molecule has 3 heterocycles. The number of anilines is 1. The number of carbonyl (C=O) groups excluding carboxylic acids is 3. The van der Waals surface area contributed by atoms with Gasteiger partial charge in [0, 0.05) is 66.7 Å². The number of carbonyl (C=O) groups is 4. The van der Waals surface area contributed by atoms with Crippen molar-refractivity contribution in [1.29, 1.82) is 0 Å². The van der Waals surface area contributed by atoms with E-state index in [9.17, 15) is 29.4 Å². The lowest BCUT2D eigenvalue weighted by molar-refractivity contribution is -0.137. The molecule has 3 unspecified atom stereocenters. The Morgan fingerprint density at radius 2 is 1.75 bits per heavy atom. The van der Waals surface area contributed by atoms with Crippen molar-refractivity contribution in [3.8, 4) is 11.8 Å². The summed E-state index contributed by atoms with van der Waals surface area (Å²) in [4.78, 5) is 62.1. The topological polar surface area (TPSA) is 342 Å². The zero-order chi connectivity index (χ0) is 48.1. The lowest BCUT2D eigenvalue weighted by Crippen LogP contribution is -2.37. The first kappa shape index (κ1) is 53.7. The summed E-state index contributed by atoms with van der Waals surface area (Å²) in [6, 6.07) is 6.73. The number of nitrogens with one attached hydrogen (secondary N) is 3. The number of nitrogens with zero attached hydrogens (tertiary/aromatic N) is 8. The fourth-order valence-electron chi connectivity index (χ4n) is 6.31. The quantitative estimate of drug-likeness (QED) is 0.00428. The lowest BCUT2D eigenvalue weighted by atomic mass is 10.1. The van der Waals surface area contributed by atoms with Crippen molar-refractivity contribution in [3.05, 3.63) is 58.5 Å². The molecule has 6 atom stereocenters. The average Bonchev–Trinajstić information content (AvgIpc) is 3.87. The lowest BCUT2D eigenvalue weighted by Gasteiger charge is -2.17. The molecule has 2 amide bonds. The minimum Gasteiger partial charge on any atom is -0.481 e. The van der Waals surface area contributed by atoms with Crippen molar-refractivity contribution in [2.45, 2.75) is 75.7 Å². The normalized spacial score (nSPS) is 17.5. The number of benzene rings is 1. The molecule has 1 aromatic carbocycles. The Balaban J connectivity index is 1.14. The van der Waals surface area contributed by atoms with E-state index in [1.807, 2.05) is 0 Å². The molecule has 2 aromatic heterocycles. The van der Waals surface area contributed by atoms with Gasteiger partial charge in [0.25, 0.3) is 12.4 Å². The van der Waals surface area contributed by atoms with Crippen molar-refractivity contribution in [2.75, 3.05) is 81.9 Å². The number of azide groups is 1. The van der Waals surface area contributed by atoms with Crippen LogP contribution in [0.3, 0.4) is 0 Å². The summed E-state index contributed by atoms with van der Waals surface area (Å²) in [7, 11) is -0.484. The molecular weight excluding hydrogens is 897 g/mol. The Bertz CT molecular complexity index is 2130. The number of hydrazone groups is 1. The molecule has 4 rings (SSSR count). The van der Waals surface area contributed by atoms with Crippen LogP contribution in [0.2, 0.25) is 0 Å². The first-order valence-corrected chi connectivity index (χ1v) is 23.4. The Hall–Kier alpha value is -5.94. The van der Waals surface area contributed by atoms with E-state index in [0.717, 1.165) is 0 Å². The van der Waals surface area contributed by atoms with Crippen molar-refractivity contribution < 1.29 is 58.2 Å². The molecule has 364 valence electrons. The van der Waals surface area contributed by atoms with Gasteiger partial charge in [-0.2, -0.15) is 5.10 Å². The van der Waals surface area contributed by atoms with Gasteiger partial charge >= 0.3 is 5.97 Å². The van der Waals surface area contributed by atoms with Crippen LogP contribution in [0.1, 0.15) is 67.1 Å². The monoisotopic (exact) mass is 955 g/mol. The highest BCUT2D eigenvalue weighted by Crippen LogP contribution is 2.33. The van der Waals surface area contributed by atoms with E-state index >= 15 is 0 Å². The second-order valence-electron chi connectivity index (χ2n) is 14.7. The van der Waals surface area contributed by atoms with Crippen LogP contribution < -0.4 is 21.8 Å². The van der Waals surface area contributed by atoms with Crippen molar-refractivity contribution >= 4 is 58.3 Å². The number of aliphatic hydroxyl groups is 2. The van der Waals surface area contributed by atoms with Gasteiger partial charge in [0.2, 0.25) is 5.91 Å². The zero-order valence-electron chi connectivity index (χ0n) is 37.0. The minimum absolute atomic E-state index is 0.00883. The van der Waals surface area contributed by atoms with Gasteiger partial charge in [-0.15, -0.1) is 0 Å². The van der Waals surface area contributed by atoms with Crippen LogP contribution in [-0.2, 0) is 49.0 Å². The predicted octanol–water partition coefficient (Wildman–Crippen LogP) is 0.992. The first-order valence-electron chi connectivity index (χ1n) is 21.6. The van der Waals surface area contributed by atoms with Crippen molar-refractivity contribution in [3.63, 3.8) is 0 Å². The molecule has 0 aliphatic carbocycles. The summed E-state index contributed by atoms with van der Waals surface area (Å²) in [6.07, 6.45) is 1.84. The van der Waals surface area contributed by atoms with Gasteiger partial charge in [0.1, 0.15) is 36.1 Å². The van der Waals surface area contributed by atoms with Crippen LogP contribution in [0.25, 0.3) is 21.6 Å². The van der Waals surface area contributed by atoms with Gasteiger partial charge < -0.3 is 49.6 Å². The second-order valence-corrected chi connectivity index (χ2v) is 17.0. The maximum atomic E-state index is 12.5. The van der Waals surface area contributed by atoms with Crippen LogP contribution in [0.15, 0.2) is 47.1 Å². The van der Waals surface area contributed by atoms with E-state index in [0.29, 0.717) is 137 Å². The van der Waals surface area contributed by atoms with Gasteiger partial charge in [0.05, 0.1) is 52.2 Å². The highest BCUT2D eigenvalue weighted by Gasteiger charge is 2.47. The number of ether oxygens (including phenoxy) is 5. The molecule has 0 radical (unpaired) electrons. The smallest absolute Gasteiger partial charge is 0.303 e. The van der Waals surface area contributed by atoms with E-state index in [1.165, 1.54) is 23.4 Å². The van der Waals surface area contributed by atoms with E-state index in [2.05, 4.69) is 58.0 Å². The molecule has 0 bridgehead atoms. The fraction of sp³-hybridized carbons (Fsp3) is 0.571. The molecule has 1 aliphatic heterocycles. The number of amides is 2. The molecule has 3 aromatic rings. The van der Waals surface area contributed by atoms with Gasteiger partial charge in [-0.1, -0.05) is 23.2 Å². The van der Waals surface area contributed by atoms with E-state index < -0.39 is 47.6 Å². The molecule has 1 aliphatic rings. The maximum absolute atomic E-state index is 12.5. The van der Waals surface area contributed by atoms with Crippen molar-refractivity contribution in [2.24, 2.45) is 15.9 Å². The predicted molar refractivity (Wildman–Crippen MR) is 246 cm³/mol. The van der Waals surface area contributed by atoms with Crippen LogP contribution in [0, 0.1) is 11.8 Å². The number of aliphatic carboxylic acids is 1. The molecule has 0 spiro atoms. The minimum atomic E-state index is -1.31. The summed E-state index contributed by atoms with van der Waals surface area (Å²) in [5.41, 5.74) is 18.5.